The molecule has 1 amide bonds. The Labute approximate surface area is 174 Å². The Bertz CT molecular complexity index is 1120. The van der Waals surface area contributed by atoms with Gasteiger partial charge in [0.15, 0.2) is 11.5 Å². The number of ether oxygens (including phenoxy) is 2. The molecule has 9 heteroatoms. The summed E-state index contributed by atoms with van der Waals surface area (Å²) in [6.07, 6.45) is 3.10. The van der Waals surface area contributed by atoms with Crippen LogP contribution in [0.4, 0.5) is 11.4 Å². The number of hydrogen-bond acceptors (Lipinski definition) is 6. The summed E-state index contributed by atoms with van der Waals surface area (Å²) in [5.41, 5.74) is 1.61. The largest absolute Gasteiger partial charge is 0.493 e. The van der Waals surface area contributed by atoms with Gasteiger partial charge in [-0.2, -0.15) is 0 Å². The van der Waals surface area contributed by atoms with Crippen LogP contribution in [0.25, 0.3) is 0 Å². The summed E-state index contributed by atoms with van der Waals surface area (Å²) >= 11 is 0. The number of hydrogen-bond donors (Lipinski definition) is 2. The van der Waals surface area contributed by atoms with Crippen LogP contribution in [-0.4, -0.2) is 33.5 Å². The third-order valence-electron chi connectivity index (χ3n) is 4.17. The minimum Gasteiger partial charge on any atom is -0.493 e. The normalized spacial score (nSPS) is 10.9. The summed E-state index contributed by atoms with van der Waals surface area (Å²) in [7, 11) is -0.680. The molecule has 3 aromatic rings. The topological polar surface area (TPSA) is 107 Å². The first-order valence-corrected chi connectivity index (χ1v) is 10.4. The molecule has 0 aliphatic carbocycles. The maximum atomic E-state index is 12.4. The molecule has 0 aliphatic rings. The smallest absolute Gasteiger partial charge is 0.261 e. The molecule has 0 fully saturated rings. The molecule has 0 atom stereocenters. The van der Waals surface area contributed by atoms with Crippen molar-refractivity contribution in [3.63, 3.8) is 0 Å². The van der Waals surface area contributed by atoms with Crippen LogP contribution >= 0.6 is 0 Å². The second kappa shape index (κ2) is 9.27. The van der Waals surface area contributed by atoms with Crippen LogP contribution in [0.3, 0.4) is 0 Å². The van der Waals surface area contributed by atoms with E-state index in [2.05, 4.69) is 15.0 Å². The average molecular weight is 427 g/mol. The van der Waals surface area contributed by atoms with Crippen LogP contribution in [0.2, 0.25) is 0 Å². The van der Waals surface area contributed by atoms with Gasteiger partial charge in [0, 0.05) is 11.9 Å². The Kier molecular flexibility index (Phi) is 6.53. The third-order valence-corrected chi connectivity index (χ3v) is 5.57. The van der Waals surface area contributed by atoms with Gasteiger partial charge in [0.05, 0.1) is 37.4 Å². The molecule has 2 aromatic carbocycles. The van der Waals surface area contributed by atoms with Gasteiger partial charge in [-0.1, -0.05) is 6.07 Å². The zero-order chi connectivity index (χ0) is 21.6. The van der Waals surface area contributed by atoms with Crippen molar-refractivity contribution in [3.05, 3.63) is 72.6 Å². The van der Waals surface area contributed by atoms with E-state index in [0.29, 0.717) is 22.9 Å². The predicted octanol–water partition coefficient (Wildman–Crippen LogP) is 3.08. The van der Waals surface area contributed by atoms with Gasteiger partial charge >= 0.3 is 0 Å². The lowest BCUT2D eigenvalue weighted by molar-refractivity contribution is -0.115. The summed E-state index contributed by atoms with van der Waals surface area (Å²) in [5, 5.41) is 2.75. The first kappa shape index (κ1) is 21.1. The fourth-order valence-corrected chi connectivity index (χ4v) is 3.78. The van der Waals surface area contributed by atoms with Crippen molar-refractivity contribution < 1.29 is 22.7 Å². The Morgan fingerprint density at radius 2 is 1.70 bits per heavy atom. The monoisotopic (exact) mass is 427 g/mol. The molecule has 156 valence electrons. The fourth-order valence-electron chi connectivity index (χ4n) is 2.74. The second-order valence-electron chi connectivity index (χ2n) is 6.29. The maximum Gasteiger partial charge on any atom is 0.261 e. The molecule has 0 saturated carbocycles. The summed E-state index contributed by atoms with van der Waals surface area (Å²) < 4.78 is 37.8. The predicted molar refractivity (Wildman–Crippen MR) is 113 cm³/mol. The number of anilines is 2. The van der Waals surface area contributed by atoms with E-state index in [1.54, 1.807) is 43.6 Å². The quantitative estimate of drug-likeness (QED) is 0.572. The van der Waals surface area contributed by atoms with E-state index in [4.69, 9.17) is 9.47 Å². The van der Waals surface area contributed by atoms with E-state index < -0.39 is 10.0 Å². The van der Waals surface area contributed by atoms with Crippen molar-refractivity contribution in [2.75, 3.05) is 24.3 Å². The van der Waals surface area contributed by atoms with Crippen LogP contribution in [0, 0.1) is 0 Å². The number of nitrogens with zero attached hydrogens (tertiary/aromatic N) is 1. The van der Waals surface area contributed by atoms with E-state index in [-0.39, 0.29) is 17.2 Å². The Morgan fingerprint density at radius 1 is 0.967 bits per heavy atom. The van der Waals surface area contributed by atoms with Crippen molar-refractivity contribution in [3.8, 4) is 11.5 Å². The SMILES string of the molecule is COc1ccc(CC(=O)Nc2ccc(S(=O)(=O)Nc3cccnc3)cc2)cc1OC. The highest BCUT2D eigenvalue weighted by Gasteiger charge is 2.15. The van der Waals surface area contributed by atoms with Gasteiger partial charge in [-0.15, -0.1) is 0 Å². The number of amides is 1. The molecule has 0 aliphatic heterocycles. The van der Waals surface area contributed by atoms with Gasteiger partial charge in [-0.3, -0.25) is 14.5 Å². The molecule has 0 spiro atoms. The molecule has 1 aromatic heterocycles. The van der Waals surface area contributed by atoms with E-state index in [0.717, 1.165) is 5.56 Å². The van der Waals surface area contributed by atoms with Crippen LogP contribution in [0.1, 0.15) is 5.56 Å². The van der Waals surface area contributed by atoms with Gasteiger partial charge < -0.3 is 14.8 Å². The lowest BCUT2D eigenvalue weighted by atomic mass is 10.1. The molecule has 0 saturated heterocycles. The van der Waals surface area contributed by atoms with E-state index in [1.807, 2.05) is 0 Å². The number of rotatable bonds is 8. The van der Waals surface area contributed by atoms with Crippen LogP contribution in [-0.2, 0) is 21.2 Å². The Hall–Kier alpha value is -3.59. The number of benzene rings is 2. The molecule has 1 heterocycles. The number of aromatic nitrogens is 1. The van der Waals surface area contributed by atoms with Crippen molar-refractivity contribution in [1.82, 2.24) is 4.98 Å². The highest BCUT2D eigenvalue weighted by atomic mass is 32.2. The standard InChI is InChI=1S/C21H21N3O5S/c1-28-19-10-5-15(12-20(19)29-2)13-21(25)23-16-6-8-18(9-7-16)30(26,27)24-17-4-3-11-22-14-17/h3-12,14,24H,13H2,1-2H3,(H,23,25). The van der Waals surface area contributed by atoms with Gasteiger partial charge in [0.2, 0.25) is 5.91 Å². The summed E-state index contributed by atoms with van der Waals surface area (Å²) in [6, 6.07) is 14.4. The average Bonchev–Trinajstić information content (AvgIpc) is 2.74. The number of carbonyl (C=O) groups excluding carboxylic acids is 1. The van der Waals surface area contributed by atoms with E-state index in [1.165, 1.54) is 37.6 Å². The van der Waals surface area contributed by atoms with E-state index in [9.17, 15) is 13.2 Å². The lowest BCUT2D eigenvalue weighted by Crippen LogP contribution is -2.15. The molecule has 0 radical (unpaired) electrons. The molecular formula is C21H21N3O5S. The zero-order valence-corrected chi connectivity index (χ0v) is 17.3. The summed E-state index contributed by atoms with van der Waals surface area (Å²) in [4.78, 5) is 16.3. The zero-order valence-electron chi connectivity index (χ0n) is 16.5. The number of pyridine rings is 1. The maximum absolute atomic E-state index is 12.4. The second-order valence-corrected chi connectivity index (χ2v) is 7.97. The fraction of sp³-hybridized carbons (Fsp3) is 0.143. The van der Waals surface area contributed by atoms with Crippen LogP contribution in [0.5, 0.6) is 11.5 Å². The number of carbonyl (C=O) groups is 1. The van der Waals surface area contributed by atoms with Crippen molar-refractivity contribution in [1.29, 1.82) is 0 Å². The van der Waals surface area contributed by atoms with Gasteiger partial charge in [-0.25, -0.2) is 8.42 Å². The Morgan fingerprint density at radius 3 is 2.33 bits per heavy atom. The Balaban J connectivity index is 1.64. The number of sulfonamides is 1. The minimum absolute atomic E-state index is 0.0734. The van der Waals surface area contributed by atoms with Crippen molar-refractivity contribution in [2.45, 2.75) is 11.3 Å². The molecule has 8 nitrogen and oxygen atoms in total. The first-order chi connectivity index (χ1) is 14.4. The minimum atomic E-state index is -3.75. The van der Waals surface area contributed by atoms with Crippen molar-refractivity contribution >= 4 is 27.3 Å². The van der Waals surface area contributed by atoms with Crippen LogP contribution < -0.4 is 19.5 Å². The molecule has 3 rings (SSSR count). The number of methoxy groups -OCH3 is 2. The lowest BCUT2D eigenvalue weighted by Gasteiger charge is -2.11. The highest BCUT2D eigenvalue weighted by Crippen LogP contribution is 2.27. The van der Waals surface area contributed by atoms with E-state index >= 15 is 0 Å². The van der Waals surface area contributed by atoms with Crippen LogP contribution in [0.15, 0.2) is 71.9 Å². The molecule has 0 bridgehead atoms. The molecular weight excluding hydrogens is 406 g/mol. The molecule has 2 N–H and O–H groups in total. The first-order valence-electron chi connectivity index (χ1n) is 8.95. The summed E-state index contributed by atoms with van der Waals surface area (Å²) in [5.74, 6) is 0.878. The highest BCUT2D eigenvalue weighted by molar-refractivity contribution is 7.92. The third kappa shape index (κ3) is 5.26. The molecule has 30 heavy (non-hydrogen) atoms. The van der Waals surface area contributed by atoms with Gasteiger partial charge in [-0.05, 0) is 54.1 Å². The molecule has 0 unspecified atom stereocenters. The number of nitrogens with one attached hydrogen (secondary N) is 2. The van der Waals surface area contributed by atoms with Crippen molar-refractivity contribution in [2.24, 2.45) is 0 Å². The van der Waals surface area contributed by atoms with Gasteiger partial charge in [0.25, 0.3) is 10.0 Å². The van der Waals surface area contributed by atoms with Gasteiger partial charge in [0.1, 0.15) is 0 Å². The summed E-state index contributed by atoms with van der Waals surface area (Å²) in [6.45, 7) is 0.